The third-order valence-electron chi connectivity index (χ3n) is 3.97. The van der Waals surface area contributed by atoms with E-state index in [1.165, 1.54) is 6.08 Å². The maximum Gasteiger partial charge on any atom is 0.345 e. The molecule has 0 fully saturated rings. The third-order valence-corrected chi connectivity index (χ3v) is 4.71. The SMILES string of the molecule is O[C@@H]1[C@@H](O)[C@@H](O)C(COC(F)F)=C[C@H]1NCCc1ccc(Cl)c(Cl)c1. The molecule has 0 aromatic heterocycles. The van der Waals surface area contributed by atoms with Gasteiger partial charge < -0.3 is 25.4 Å². The lowest BCUT2D eigenvalue weighted by molar-refractivity contribution is -0.129. The summed E-state index contributed by atoms with van der Waals surface area (Å²) in [5, 5.41) is 33.6. The number of hydrogen-bond acceptors (Lipinski definition) is 5. The van der Waals surface area contributed by atoms with Crippen LogP contribution >= 0.6 is 23.2 Å². The van der Waals surface area contributed by atoms with Crippen molar-refractivity contribution in [1.29, 1.82) is 0 Å². The van der Waals surface area contributed by atoms with Crippen molar-refractivity contribution >= 4 is 23.2 Å². The maximum atomic E-state index is 12.2. The molecule has 0 saturated carbocycles. The Balaban J connectivity index is 1.97. The van der Waals surface area contributed by atoms with E-state index in [-0.39, 0.29) is 5.57 Å². The summed E-state index contributed by atoms with van der Waals surface area (Å²) in [5.41, 5.74) is 1.00. The first kappa shape index (κ1) is 20.5. The lowest BCUT2D eigenvalue weighted by Gasteiger charge is -2.35. The number of ether oxygens (including phenoxy) is 1. The first-order valence-corrected chi connectivity index (χ1v) is 8.37. The van der Waals surface area contributed by atoms with Gasteiger partial charge in [0.2, 0.25) is 0 Å². The van der Waals surface area contributed by atoms with E-state index >= 15 is 0 Å². The molecule has 1 aliphatic rings. The van der Waals surface area contributed by atoms with Crippen LogP contribution in [0.1, 0.15) is 5.56 Å². The van der Waals surface area contributed by atoms with Gasteiger partial charge in [0.1, 0.15) is 18.3 Å². The topological polar surface area (TPSA) is 82.0 Å². The summed E-state index contributed by atoms with van der Waals surface area (Å²) < 4.78 is 28.5. The van der Waals surface area contributed by atoms with Crippen molar-refractivity contribution < 1.29 is 28.8 Å². The Morgan fingerprint density at radius 1 is 1.12 bits per heavy atom. The summed E-state index contributed by atoms with van der Waals surface area (Å²) in [5.74, 6) is 0. The second-order valence-electron chi connectivity index (χ2n) is 5.72. The zero-order chi connectivity index (χ0) is 18.6. The van der Waals surface area contributed by atoms with Crippen LogP contribution in [-0.2, 0) is 11.2 Å². The molecule has 2 rings (SSSR count). The van der Waals surface area contributed by atoms with Crippen LogP contribution in [0.2, 0.25) is 10.0 Å². The van der Waals surface area contributed by atoms with Gasteiger partial charge in [-0.05, 0) is 36.2 Å². The average molecular weight is 398 g/mol. The molecule has 1 aromatic carbocycles. The Morgan fingerprint density at radius 2 is 1.84 bits per heavy atom. The molecule has 140 valence electrons. The highest BCUT2D eigenvalue weighted by Crippen LogP contribution is 2.23. The van der Waals surface area contributed by atoms with Crippen LogP contribution in [0.5, 0.6) is 0 Å². The summed E-state index contributed by atoms with van der Waals surface area (Å²) >= 11 is 11.8. The van der Waals surface area contributed by atoms with Gasteiger partial charge in [0, 0.05) is 0 Å². The van der Waals surface area contributed by atoms with Crippen LogP contribution in [0.25, 0.3) is 0 Å². The summed E-state index contributed by atoms with van der Waals surface area (Å²) in [6, 6.07) is 4.49. The van der Waals surface area contributed by atoms with Crippen molar-refractivity contribution in [3.05, 3.63) is 45.5 Å². The molecule has 0 heterocycles. The summed E-state index contributed by atoms with van der Waals surface area (Å²) in [6.07, 6.45) is -2.26. The van der Waals surface area contributed by atoms with Crippen molar-refractivity contribution in [2.45, 2.75) is 37.4 Å². The highest BCUT2D eigenvalue weighted by atomic mass is 35.5. The molecule has 0 unspecified atom stereocenters. The van der Waals surface area contributed by atoms with Gasteiger partial charge in [-0.3, -0.25) is 0 Å². The minimum atomic E-state index is -2.99. The minimum absolute atomic E-state index is 0.0881. The molecule has 5 nitrogen and oxygen atoms in total. The second-order valence-corrected chi connectivity index (χ2v) is 6.53. The predicted octanol–water partition coefficient (Wildman–Crippen LogP) is 1.76. The number of aliphatic hydroxyl groups excluding tert-OH is 3. The molecule has 0 aliphatic heterocycles. The monoisotopic (exact) mass is 397 g/mol. The van der Waals surface area contributed by atoms with E-state index in [1.807, 2.05) is 6.07 Å². The first-order valence-electron chi connectivity index (χ1n) is 7.61. The van der Waals surface area contributed by atoms with Gasteiger partial charge in [0.15, 0.2) is 0 Å². The number of aliphatic hydroxyl groups is 3. The smallest absolute Gasteiger partial charge is 0.345 e. The van der Waals surface area contributed by atoms with E-state index in [1.54, 1.807) is 12.1 Å². The largest absolute Gasteiger partial charge is 0.388 e. The molecule has 1 aliphatic carbocycles. The van der Waals surface area contributed by atoms with Gasteiger partial charge in [-0.25, -0.2) is 0 Å². The number of alkyl halides is 2. The normalized spacial score (nSPS) is 26.8. The fraction of sp³-hybridized carbons (Fsp3) is 0.500. The Kier molecular flexibility index (Phi) is 7.57. The lowest BCUT2D eigenvalue weighted by atomic mass is 9.88. The van der Waals surface area contributed by atoms with Crippen molar-refractivity contribution in [2.75, 3.05) is 13.2 Å². The average Bonchev–Trinajstić information content (AvgIpc) is 2.57. The molecule has 1 aromatic rings. The summed E-state index contributed by atoms with van der Waals surface area (Å²) in [4.78, 5) is 0. The van der Waals surface area contributed by atoms with Crippen LogP contribution in [-0.4, -0.2) is 59.4 Å². The van der Waals surface area contributed by atoms with E-state index < -0.39 is 37.6 Å². The predicted molar refractivity (Wildman–Crippen MR) is 90.0 cm³/mol. The van der Waals surface area contributed by atoms with E-state index in [4.69, 9.17) is 23.2 Å². The van der Waals surface area contributed by atoms with Gasteiger partial charge in [-0.15, -0.1) is 0 Å². The molecule has 9 heteroatoms. The highest BCUT2D eigenvalue weighted by molar-refractivity contribution is 6.42. The third kappa shape index (κ3) is 5.59. The molecular formula is C16H19Cl2F2NO4. The van der Waals surface area contributed by atoms with Gasteiger partial charge in [-0.2, -0.15) is 8.78 Å². The number of hydrogen-bond donors (Lipinski definition) is 4. The minimum Gasteiger partial charge on any atom is -0.388 e. The highest BCUT2D eigenvalue weighted by Gasteiger charge is 2.37. The Labute approximate surface area is 153 Å². The molecule has 4 atom stereocenters. The van der Waals surface area contributed by atoms with Crippen LogP contribution in [0.3, 0.4) is 0 Å². The van der Waals surface area contributed by atoms with E-state index in [0.717, 1.165) is 5.56 Å². The Morgan fingerprint density at radius 3 is 2.48 bits per heavy atom. The fourth-order valence-corrected chi connectivity index (χ4v) is 2.92. The van der Waals surface area contributed by atoms with Gasteiger partial charge in [0.05, 0.1) is 22.7 Å². The molecule has 0 saturated heterocycles. The maximum absolute atomic E-state index is 12.2. The number of halogens is 4. The first-order chi connectivity index (χ1) is 11.8. The van der Waals surface area contributed by atoms with Crippen molar-refractivity contribution in [1.82, 2.24) is 5.32 Å². The molecular weight excluding hydrogens is 379 g/mol. The standard InChI is InChI=1S/C16H19Cl2F2NO4/c17-10-2-1-8(5-11(10)18)3-4-21-12-6-9(7-25-16(19)20)13(22)15(24)14(12)23/h1-2,5-6,12-16,21-24H,3-4,7H2/t12-,13+,14+,15+/m1/s1. The van der Waals surface area contributed by atoms with Crippen molar-refractivity contribution in [3.63, 3.8) is 0 Å². The van der Waals surface area contributed by atoms with Crippen molar-refractivity contribution in [2.24, 2.45) is 0 Å². The number of rotatable bonds is 7. The second kappa shape index (κ2) is 9.23. The molecule has 0 bridgehead atoms. The van der Waals surface area contributed by atoms with E-state index in [9.17, 15) is 24.1 Å². The van der Waals surface area contributed by atoms with E-state index in [0.29, 0.717) is 23.0 Å². The van der Waals surface area contributed by atoms with Gasteiger partial charge in [-0.1, -0.05) is 35.3 Å². The van der Waals surface area contributed by atoms with Crippen LogP contribution in [0.4, 0.5) is 8.78 Å². The van der Waals surface area contributed by atoms with Crippen LogP contribution in [0, 0.1) is 0 Å². The summed E-state index contributed by atoms with van der Waals surface area (Å²) in [6.45, 7) is -3.10. The van der Waals surface area contributed by atoms with Gasteiger partial charge >= 0.3 is 6.61 Å². The van der Waals surface area contributed by atoms with Crippen molar-refractivity contribution in [3.8, 4) is 0 Å². The summed E-state index contributed by atoms with van der Waals surface area (Å²) in [7, 11) is 0. The zero-order valence-corrected chi connectivity index (χ0v) is 14.6. The van der Waals surface area contributed by atoms with E-state index in [2.05, 4.69) is 10.1 Å². The number of benzene rings is 1. The Bertz CT molecular complexity index is 618. The fourth-order valence-electron chi connectivity index (χ4n) is 2.60. The molecule has 0 radical (unpaired) electrons. The molecule has 25 heavy (non-hydrogen) atoms. The zero-order valence-electron chi connectivity index (χ0n) is 13.1. The van der Waals surface area contributed by atoms with Crippen LogP contribution < -0.4 is 5.32 Å². The van der Waals surface area contributed by atoms with Crippen LogP contribution in [0.15, 0.2) is 29.8 Å². The molecule has 0 spiro atoms. The number of nitrogens with one attached hydrogen (secondary N) is 1. The Hall–Kier alpha value is -0.800. The van der Waals surface area contributed by atoms with Gasteiger partial charge in [0.25, 0.3) is 0 Å². The molecule has 0 amide bonds. The molecule has 4 N–H and O–H groups in total. The quantitative estimate of drug-likeness (QED) is 0.527. The lowest BCUT2D eigenvalue weighted by Crippen LogP contribution is -2.54.